The van der Waals surface area contributed by atoms with E-state index in [-0.39, 0.29) is 61.0 Å². The molecule has 424 valence electrons. The zero-order valence-corrected chi connectivity index (χ0v) is 54.2. The Hall–Kier alpha value is -5.26. The van der Waals surface area contributed by atoms with Crippen LogP contribution in [0.3, 0.4) is 0 Å². The van der Waals surface area contributed by atoms with Crippen LogP contribution in [-0.4, -0.2) is 12.3 Å². The van der Waals surface area contributed by atoms with E-state index in [0.29, 0.717) is 0 Å². The number of rotatable bonds is 3. The highest BCUT2D eigenvalue weighted by molar-refractivity contribution is 7.33. The minimum Gasteiger partial charge on any atom is -0.334 e. The van der Waals surface area contributed by atoms with E-state index in [4.69, 9.17) is 0 Å². The van der Waals surface area contributed by atoms with Gasteiger partial charge < -0.3 is 14.7 Å². The van der Waals surface area contributed by atoms with Crippen molar-refractivity contribution in [1.29, 1.82) is 0 Å². The van der Waals surface area contributed by atoms with Gasteiger partial charge in [-0.3, -0.25) is 0 Å². The maximum Gasteiger partial charge on any atom is 0.264 e. The molecule has 0 amide bonds. The van der Waals surface area contributed by atoms with Crippen molar-refractivity contribution in [2.24, 2.45) is 0 Å². The molecule has 0 radical (unpaired) electrons. The second-order valence-electron chi connectivity index (χ2n) is 33.7. The molecule has 8 aliphatic rings. The van der Waals surface area contributed by atoms with Gasteiger partial charge in [0.1, 0.15) is 0 Å². The van der Waals surface area contributed by atoms with E-state index in [1.54, 1.807) is 16.7 Å². The fourth-order valence-corrected chi connectivity index (χ4v) is 20.1. The summed E-state index contributed by atoms with van der Waals surface area (Å²) in [7, 11) is 0. The van der Waals surface area contributed by atoms with E-state index in [1.165, 1.54) is 169 Å². The molecule has 4 unspecified atom stereocenters. The smallest absolute Gasteiger partial charge is 0.264 e. The van der Waals surface area contributed by atoms with Gasteiger partial charge in [0, 0.05) is 60.1 Å². The minimum absolute atomic E-state index is 0.00368. The van der Waals surface area contributed by atoms with Crippen LogP contribution in [-0.2, 0) is 48.7 Å². The largest absolute Gasteiger partial charge is 0.334 e. The first-order chi connectivity index (χ1) is 38.3. The van der Waals surface area contributed by atoms with Gasteiger partial charge in [0.15, 0.2) is 0 Å². The number of fused-ring (bicyclic) bond motifs is 16. The monoisotopic (exact) mass is 1100 g/mol. The molecule has 5 heteroatoms. The molecule has 7 aromatic rings. The van der Waals surface area contributed by atoms with Crippen molar-refractivity contribution in [3.63, 3.8) is 0 Å². The molecule has 6 aromatic carbocycles. The molecule has 3 nitrogen and oxygen atoms in total. The zero-order chi connectivity index (χ0) is 57.8. The SMILES string of the molecule is CC(C)(C)c1cc(N2c3cc4c(cc3B3c5sc6cc7c(cc6c5N(c5ccc6c(c5)C(C)(C)CCC6(C)C)c5cc(N6c8ccccc8C8(C)CCCCC68C)cc2c53)C2(C)CCC7(C)C2)C(C)(C)CCC4(C)C)cc(C(C)(C)C)c1. The molecule has 0 saturated heterocycles. The average Bonchev–Trinajstić information content (AvgIpc) is 4.29. The van der Waals surface area contributed by atoms with Gasteiger partial charge in [-0.25, -0.2) is 0 Å². The van der Waals surface area contributed by atoms with E-state index in [1.807, 2.05) is 0 Å². The number of hydrogen-bond acceptors (Lipinski definition) is 4. The van der Waals surface area contributed by atoms with E-state index >= 15 is 0 Å². The van der Waals surface area contributed by atoms with Crippen molar-refractivity contribution in [2.75, 3.05) is 14.7 Å². The van der Waals surface area contributed by atoms with Gasteiger partial charge in [-0.1, -0.05) is 167 Å². The first-order valence-electron chi connectivity index (χ1n) is 32.1. The molecule has 15 rings (SSSR count). The topological polar surface area (TPSA) is 9.72 Å². The molecule has 82 heavy (non-hydrogen) atoms. The molecule has 4 heterocycles. The van der Waals surface area contributed by atoms with Crippen LogP contribution >= 0.6 is 11.3 Å². The number of thiophene rings is 1. The summed E-state index contributed by atoms with van der Waals surface area (Å²) in [6, 6.07) is 41.5. The summed E-state index contributed by atoms with van der Waals surface area (Å²) < 4.78 is 2.96. The predicted octanol–water partition coefficient (Wildman–Crippen LogP) is 19.7. The predicted molar refractivity (Wildman–Crippen MR) is 355 cm³/mol. The van der Waals surface area contributed by atoms with E-state index < -0.39 is 0 Å². The van der Waals surface area contributed by atoms with E-state index in [0.717, 1.165) is 6.42 Å². The highest BCUT2D eigenvalue weighted by atomic mass is 32.1. The molecule has 3 aliphatic heterocycles. The standard InChI is InChI=1S/C77H92BN3S/c1-68(2,3)46-35-47(69(4,5)6)37-49(36-46)79-61-43-56-55(72(11,12)31-32-73(56,13)14)42-59(61)78-65-62(79)39-50(81-60-24-20-19-23-53(60)76(17)27-21-22-28-77(76,81)18)40-63(65)80(48-25-26-52-54(38-48)71(9,10)30-29-70(52,7)8)66-51-41-57-58(44-64(51)82-67(66)78)75(16)34-33-74(57,15)45-75/h19-20,23-26,35-44H,21-22,27-34,45H2,1-18H3. The molecule has 0 N–H and O–H groups in total. The molecular formula is C77H92BN3S. The van der Waals surface area contributed by atoms with Crippen molar-refractivity contribution in [3.05, 3.63) is 147 Å². The second kappa shape index (κ2) is 16.4. The third-order valence-electron chi connectivity index (χ3n) is 24.3. The number of anilines is 8. The molecule has 4 atom stereocenters. The zero-order valence-electron chi connectivity index (χ0n) is 53.3. The highest BCUT2D eigenvalue weighted by Gasteiger charge is 2.59. The molecule has 2 saturated carbocycles. The number of nitrogens with zero attached hydrogens (tertiary/aromatic N) is 3. The Morgan fingerprint density at radius 3 is 1.63 bits per heavy atom. The van der Waals surface area contributed by atoms with E-state index in [9.17, 15) is 0 Å². The number of hydrogen-bond donors (Lipinski definition) is 0. The molecular weight excluding hydrogens is 1010 g/mol. The van der Waals surface area contributed by atoms with Crippen LogP contribution < -0.4 is 30.4 Å². The van der Waals surface area contributed by atoms with Gasteiger partial charge >= 0.3 is 0 Å². The fourth-order valence-electron chi connectivity index (χ4n) is 18.7. The van der Waals surface area contributed by atoms with Gasteiger partial charge in [0.2, 0.25) is 0 Å². The van der Waals surface area contributed by atoms with Crippen molar-refractivity contribution in [2.45, 2.75) is 250 Å². The Labute approximate surface area is 497 Å². The third-order valence-corrected chi connectivity index (χ3v) is 25.5. The summed E-state index contributed by atoms with van der Waals surface area (Å²) in [5, 5.41) is 1.44. The Bertz CT molecular complexity index is 3910. The van der Waals surface area contributed by atoms with Crippen molar-refractivity contribution >= 4 is 89.3 Å². The Morgan fingerprint density at radius 1 is 0.439 bits per heavy atom. The maximum absolute atomic E-state index is 2.88. The van der Waals surface area contributed by atoms with E-state index in [2.05, 4.69) is 248 Å². The van der Waals surface area contributed by atoms with Crippen LogP contribution in [0.15, 0.2) is 97.1 Å². The van der Waals surface area contributed by atoms with Crippen LogP contribution in [0.25, 0.3) is 10.1 Å². The Morgan fingerprint density at radius 2 is 1.00 bits per heavy atom. The Balaban J connectivity index is 1.13. The molecule has 1 aromatic heterocycles. The lowest BCUT2D eigenvalue weighted by atomic mass is 9.35. The Kier molecular flexibility index (Phi) is 10.7. The van der Waals surface area contributed by atoms with Crippen LogP contribution in [0, 0.1) is 0 Å². The highest BCUT2D eigenvalue weighted by Crippen LogP contribution is 2.65. The van der Waals surface area contributed by atoms with Crippen molar-refractivity contribution in [1.82, 2.24) is 0 Å². The first-order valence-corrected chi connectivity index (χ1v) is 32.9. The average molecular weight is 1100 g/mol. The van der Waals surface area contributed by atoms with Gasteiger partial charge in [0.25, 0.3) is 6.71 Å². The quantitative estimate of drug-likeness (QED) is 0.163. The lowest BCUT2D eigenvalue weighted by molar-refractivity contribution is 0.195. The summed E-state index contributed by atoms with van der Waals surface area (Å²) >= 11 is 2.13. The second-order valence-corrected chi connectivity index (χ2v) is 34.7. The summed E-state index contributed by atoms with van der Waals surface area (Å²) in [5.41, 5.74) is 27.7. The first kappa shape index (κ1) is 53.5. The van der Waals surface area contributed by atoms with Crippen LogP contribution in [0.1, 0.15) is 245 Å². The van der Waals surface area contributed by atoms with Crippen LogP contribution in [0.4, 0.5) is 45.5 Å². The third kappa shape index (κ3) is 7.07. The summed E-state index contributed by atoms with van der Waals surface area (Å²) in [5.74, 6) is 0. The molecule has 5 aliphatic carbocycles. The van der Waals surface area contributed by atoms with Crippen molar-refractivity contribution in [3.8, 4) is 0 Å². The van der Waals surface area contributed by atoms with Gasteiger partial charge in [0.05, 0.1) is 11.2 Å². The number of benzene rings is 6. The lowest BCUT2D eigenvalue weighted by Gasteiger charge is -2.51. The molecule has 2 bridgehead atoms. The van der Waals surface area contributed by atoms with Gasteiger partial charge in [-0.15, -0.1) is 11.3 Å². The maximum atomic E-state index is 2.88. The van der Waals surface area contributed by atoms with Crippen LogP contribution in [0.2, 0.25) is 0 Å². The van der Waals surface area contributed by atoms with Gasteiger partial charge in [-0.2, -0.15) is 0 Å². The normalized spacial score (nSPS) is 27.3. The summed E-state index contributed by atoms with van der Waals surface area (Å²) in [4.78, 5) is 8.57. The lowest BCUT2D eigenvalue weighted by Crippen LogP contribution is -2.61. The van der Waals surface area contributed by atoms with Crippen molar-refractivity contribution < 1.29 is 0 Å². The minimum atomic E-state index is -0.125. The summed E-state index contributed by atoms with van der Waals surface area (Å²) in [6.45, 7) is 45.1. The molecule has 0 spiro atoms. The molecule has 2 fully saturated rings. The van der Waals surface area contributed by atoms with Crippen LogP contribution in [0.5, 0.6) is 0 Å². The summed E-state index contributed by atoms with van der Waals surface area (Å²) in [6.07, 6.45) is 13.4. The van der Waals surface area contributed by atoms with Gasteiger partial charge in [-0.05, 0) is 230 Å². The fraction of sp³-hybridized carbons (Fsp3) is 0.506. The number of para-hydroxylation sites is 1.